The molecule has 2 aromatic rings. The standard InChI is InChI=1S/C15H19ClN4O/c1-4-15(21)18-11-5-6-13(16)14(7-11)17-8-12-9(2)19-20-10(12)3/h5-7,17H,4,8H2,1-3H3,(H,18,21)(H,19,20). The minimum atomic E-state index is -0.0233. The van der Waals surface area contributed by atoms with Crippen LogP contribution >= 0.6 is 11.6 Å². The number of rotatable bonds is 5. The average molecular weight is 307 g/mol. The van der Waals surface area contributed by atoms with Crippen LogP contribution in [0, 0.1) is 13.8 Å². The van der Waals surface area contributed by atoms with E-state index in [4.69, 9.17) is 11.6 Å². The Hall–Kier alpha value is -2.01. The molecule has 1 aromatic carbocycles. The minimum Gasteiger partial charge on any atom is -0.380 e. The van der Waals surface area contributed by atoms with Gasteiger partial charge in [-0.25, -0.2) is 0 Å². The van der Waals surface area contributed by atoms with Gasteiger partial charge in [-0.05, 0) is 32.0 Å². The number of anilines is 2. The molecule has 0 atom stereocenters. The maximum atomic E-state index is 11.4. The Morgan fingerprint density at radius 1 is 1.38 bits per heavy atom. The molecule has 1 amide bonds. The largest absolute Gasteiger partial charge is 0.380 e. The first kappa shape index (κ1) is 15.4. The van der Waals surface area contributed by atoms with Crippen molar-refractivity contribution in [3.05, 3.63) is 40.2 Å². The van der Waals surface area contributed by atoms with Gasteiger partial charge in [0.25, 0.3) is 0 Å². The smallest absolute Gasteiger partial charge is 0.224 e. The van der Waals surface area contributed by atoms with Gasteiger partial charge in [0.15, 0.2) is 0 Å². The van der Waals surface area contributed by atoms with Gasteiger partial charge in [-0.3, -0.25) is 9.89 Å². The molecular weight excluding hydrogens is 288 g/mol. The summed E-state index contributed by atoms with van der Waals surface area (Å²) in [7, 11) is 0. The van der Waals surface area contributed by atoms with Crippen LogP contribution in [0.25, 0.3) is 0 Å². The van der Waals surface area contributed by atoms with E-state index in [9.17, 15) is 4.79 Å². The number of hydrogen-bond donors (Lipinski definition) is 3. The number of halogens is 1. The maximum Gasteiger partial charge on any atom is 0.224 e. The van der Waals surface area contributed by atoms with Gasteiger partial charge in [-0.2, -0.15) is 5.10 Å². The molecule has 0 saturated carbocycles. The quantitative estimate of drug-likeness (QED) is 0.790. The van der Waals surface area contributed by atoms with Gasteiger partial charge in [-0.1, -0.05) is 18.5 Å². The highest BCUT2D eigenvalue weighted by Crippen LogP contribution is 2.26. The monoisotopic (exact) mass is 306 g/mol. The second kappa shape index (κ2) is 6.63. The van der Waals surface area contributed by atoms with Gasteiger partial charge >= 0.3 is 0 Å². The second-order valence-corrected chi connectivity index (χ2v) is 5.27. The highest BCUT2D eigenvalue weighted by Gasteiger charge is 2.08. The van der Waals surface area contributed by atoms with E-state index in [1.807, 2.05) is 26.8 Å². The maximum absolute atomic E-state index is 11.4. The van der Waals surface area contributed by atoms with Gasteiger partial charge in [0.05, 0.1) is 16.4 Å². The van der Waals surface area contributed by atoms with Crippen LogP contribution in [0.4, 0.5) is 11.4 Å². The Labute approximate surface area is 129 Å². The van der Waals surface area contributed by atoms with E-state index in [2.05, 4.69) is 20.8 Å². The molecule has 6 heteroatoms. The first-order chi connectivity index (χ1) is 10.0. The molecule has 2 rings (SSSR count). The van der Waals surface area contributed by atoms with E-state index >= 15 is 0 Å². The number of carbonyl (C=O) groups excluding carboxylic acids is 1. The predicted molar refractivity (Wildman–Crippen MR) is 85.8 cm³/mol. The number of aryl methyl sites for hydroxylation is 2. The zero-order chi connectivity index (χ0) is 15.4. The number of hydrogen-bond acceptors (Lipinski definition) is 3. The number of H-pyrrole nitrogens is 1. The van der Waals surface area contributed by atoms with Crippen LogP contribution in [-0.2, 0) is 11.3 Å². The lowest BCUT2D eigenvalue weighted by atomic mass is 10.2. The van der Waals surface area contributed by atoms with Crippen molar-refractivity contribution in [2.24, 2.45) is 0 Å². The van der Waals surface area contributed by atoms with Crippen molar-refractivity contribution in [3.63, 3.8) is 0 Å². The molecule has 0 aliphatic carbocycles. The van der Waals surface area contributed by atoms with Crippen LogP contribution in [0.15, 0.2) is 18.2 Å². The summed E-state index contributed by atoms with van der Waals surface area (Å²) < 4.78 is 0. The van der Waals surface area contributed by atoms with Crippen molar-refractivity contribution < 1.29 is 4.79 Å². The average Bonchev–Trinajstić information content (AvgIpc) is 2.78. The molecule has 0 bridgehead atoms. The molecule has 0 spiro atoms. The zero-order valence-corrected chi connectivity index (χ0v) is 13.1. The fourth-order valence-electron chi connectivity index (χ4n) is 2.01. The van der Waals surface area contributed by atoms with Gasteiger partial charge < -0.3 is 10.6 Å². The molecule has 112 valence electrons. The Balaban J connectivity index is 2.12. The lowest BCUT2D eigenvalue weighted by molar-refractivity contribution is -0.115. The molecule has 0 saturated heterocycles. The summed E-state index contributed by atoms with van der Waals surface area (Å²) in [4.78, 5) is 11.4. The number of amides is 1. The summed E-state index contributed by atoms with van der Waals surface area (Å²) in [5, 5.41) is 13.8. The molecule has 21 heavy (non-hydrogen) atoms. The molecule has 1 heterocycles. The van der Waals surface area contributed by atoms with Crippen molar-refractivity contribution in [1.82, 2.24) is 10.2 Å². The van der Waals surface area contributed by atoms with Crippen LogP contribution in [-0.4, -0.2) is 16.1 Å². The molecule has 0 aliphatic heterocycles. The van der Waals surface area contributed by atoms with Crippen molar-refractivity contribution in [2.45, 2.75) is 33.7 Å². The predicted octanol–water partition coefficient (Wildman–Crippen LogP) is 3.64. The molecule has 0 aliphatic rings. The van der Waals surface area contributed by atoms with Crippen molar-refractivity contribution >= 4 is 28.9 Å². The van der Waals surface area contributed by atoms with Gasteiger partial charge in [0, 0.05) is 29.9 Å². The third-order valence-electron chi connectivity index (χ3n) is 3.31. The van der Waals surface area contributed by atoms with Crippen molar-refractivity contribution in [3.8, 4) is 0 Å². The highest BCUT2D eigenvalue weighted by molar-refractivity contribution is 6.33. The molecule has 1 aromatic heterocycles. The van der Waals surface area contributed by atoms with Crippen LogP contribution in [0.2, 0.25) is 5.02 Å². The summed E-state index contributed by atoms with van der Waals surface area (Å²) in [6.45, 7) is 6.38. The van der Waals surface area contributed by atoms with Crippen LogP contribution in [0.1, 0.15) is 30.3 Å². The lowest BCUT2D eigenvalue weighted by Gasteiger charge is -2.11. The topological polar surface area (TPSA) is 69.8 Å². The molecule has 5 nitrogen and oxygen atoms in total. The normalized spacial score (nSPS) is 10.5. The first-order valence-electron chi connectivity index (χ1n) is 6.85. The second-order valence-electron chi connectivity index (χ2n) is 4.86. The number of nitrogens with one attached hydrogen (secondary N) is 3. The van der Waals surface area contributed by atoms with E-state index in [1.165, 1.54) is 0 Å². The van der Waals surface area contributed by atoms with E-state index in [0.29, 0.717) is 18.0 Å². The highest BCUT2D eigenvalue weighted by atomic mass is 35.5. The summed E-state index contributed by atoms with van der Waals surface area (Å²) in [6, 6.07) is 5.39. The molecule has 3 N–H and O–H groups in total. The van der Waals surface area contributed by atoms with E-state index in [-0.39, 0.29) is 5.91 Å². The summed E-state index contributed by atoms with van der Waals surface area (Å²) in [6.07, 6.45) is 0.443. The van der Waals surface area contributed by atoms with E-state index in [1.54, 1.807) is 12.1 Å². The Morgan fingerprint density at radius 3 is 2.76 bits per heavy atom. The third-order valence-corrected chi connectivity index (χ3v) is 3.64. The number of aromatic amines is 1. The van der Waals surface area contributed by atoms with Crippen molar-refractivity contribution in [1.29, 1.82) is 0 Å². The van der Waals surface area contributed by atoms with Crippen LogP contribution < -0.4 is 10.6 Å². The fraction of sp³-hybridized carbons (Fsp3) is 0.333. The molecule has 0 fully saturated rings. The Morgan fingerprint density at radius 2 is 2.14 bits per heavy atom. The SMILES string of the molecule is CCC(=O)Nc1ccc(Cl)c(NCc2c(C)n[nH]c2C)c1. The lowest BCUT2D eigenvalue weighted by Crippen LogP contribution is -2.10. The van der Waals surface area contributed by atoms with Gasteiger partial charge in [0.1, 0.15) is 0 Å². The first-order valence-corrected chi connectivity index (χ1v) is 7.22. The summed E-state index contributed by atoms with van der Waals surface area (Å²) >= 11 is 6.19. The fourth-order valence-corrected chi connectivity index (χ4v) is 2.19. The number of nitrogens with zero attached hydrogens (tertiary/aromatic N) is 1. The van der Waals surface area contributed by atoms with Crippen molar-refractivity contribution in [2.75, 3.05) is 10.6 Å². The Bertz CT molecular complexity index is 632. The van der Waals surface area contributed by atoms with Gasteiger partial charge in [-0.15, -0.1) is 0 Å². The molecular formula is C15H19ClN4O. The minimum absolute atomic E-state index is 0.0233. The van der Waals surface area contributed by atoms with E-state index in [0.717, 1.165) is 28.3 Å². The van der Waals surface area contributed by atoms with Gasteiger partial charge in [0.2, 0.25) is 5.91 Å². The number of carbonyl (C=O) groups is 1. The summed E-state index contributed by atoms with van der Waals surface area (Å²) in [5.74, 6) is -0.0233. The number of aromatic nitrogens is 2. The summed E-state index contributed by atoms with van der Waals surface area (Å²) in [5.41, 5.74) is 4.63. The number of benzene rings is 1. The molecule has 0 unspecified atom stereocenters. The Kier molecular flexibility index (Phi) is 4.85. The van der Waals surface area contributed by atoms with Crippen LogP contribution in [0.3, 0.4) is 0 Å². The van der Waals surface area contributed by atoms with Crippen LogP contribution in [0.5, 0.6) is 0 Å². The van der Waals surface area contributed by atoms with E-state index < -0.39 is 0 Å². The molecule has 0 radical (unpaired) electrons. The zero-order valence-electron chi connectivity index (χ0n) is 12.4. The third kappa shape index (κ3) is 3.76.